The highest BCUT2D eigenvalue weighted by Gasteiger charge is 2.32. The van der Waals surface area contributed by atoms with Gasteiger partial charge in [0.25, 0.3) is 0 Å². The number of alkyl halides is 3. The molecule has 1 fully saturated rings. The molecule has 0 bridgehead atoms. The predicted octanol–water partition coefficient (Wildman–Crippen LogP) is 4.33. The predicted molar refractivity (Wildman–Crippen MR) is 109 cm³/mol. The van der Waals surface area contributed by atoms with Crippen LogP contribution in [0.25, 0.3) is 0 Å². The minimum Gasteiger partial charge on any atom is -0.465 e. The van der Waals surface area contributed by atoms with Crippen LogP contribution in [0.4, 0.5) is 13.2 Å². The second-order valence-corrected chi connectivity index (χ2v) is 7.67. The zero-order valence-corrected chi connectivity index (χ0v) is 17.4. The maximum atomic E-state index is 12.9. The van der Waals surface area contributed by atoms with Gasteiger partial charge in [-0.2, -0.15) is 13.2 Å². The highest BCUT2D eigenvalue weighted by atomic mass is 19.4. The van der Waals surface area contributed by atoms with E-state index in [0.29, 0.717) is 25.1 Å². The number of ether oxygens (including phenoxy) is 1. The van der Waals surface area contributed by atoms with Gasteiger partial charge in [-0.15, -0.1) is 0 Å². The summed E-state index contributed by atoms with van der Waals surface area (Å²) in [6.07, 6.45) is -2.82. The van der Waals surface area contributed by atoms with E-state index in [1.807, 2.05) is 11.8 Å². The van der Waals surface area contributed by atoms with E-state index >= 15 is 0 Å². The SMILES string of the molecule is COC(=O)c1ccc([C@H](C)NC(=O)[C@H]2CCCN2Cc2ccc(C(F)(F)F)cc2)cc1. The molecule has 1 heterocycles. The number of benzene rings is 2. The molecule has 166 valence electrons. The summed E-state index contributed by atoms with van der Waals surface area (Å²) < 4.78 is 42.9. The van der Waals surface area contributed by atoms with Gasteiger partial charge in [0.1, 0.15) is 0 Å². The molecule has 0 unspecified atom stereocenters. The lowest BCUT2D eigenvalue weighted by atomic mass is 10.1. The molecule has 0 aromatic heterocycles. The van der Waals surface area contributed by atoms with Gasteiger partial charge in [0.15, 0.2) is 0 Å². The van der Waals surface area contributed by atoms with Crippen molar-refractivity contribution in [2.45, 2.75) is 44.6 Å². The summed E-state index contributed by atoms with van der Waals surface area (Å²) in [7, 11) is 1.32. The lowest BCUT2D eigenvalue weighted by Gasteiger charge is -2.25. The number of nitrogens with zero attached hydrogens (tertiary/aromatic N) is 1. The first-order valence-corrected chi connectivity index (χ1v) is 10.1. The zero-order chi connectivity index (χ0) is 22.6. The lowest BCUT2D eigenvalue weighted by Crippen LogP contribution is -2.43. The van der Waals surface area contributed by atoms with E-state index in [4.69, 9.17) is 0 Å². The molecule has 0 radical (unpaired) electrons. The molecule has 1 aliphatic heterocycles. The van der Waals surface area contributed by atoms with Crippen LogP contribution in [-0.4, -0.2) is 36.5 Å². The molecule has 3 rings (SSSR count). The van der Waals surface area contributed by atoms with Crippen LogP contribution in [0.2, 0.25) is 0 Å². The minimum absolute atomic E-state index is 0.117. The number of carbonyl (C=O) groups is 2. The Kier molecular flexibility index (Phi) is 7.00. The topological polar surface area (TPSA) is 58.6 Å². The van der Waals surface area contributed by atoms with E-state index in [-0.39, 0.29) is 18.0 Å². The normalized spacial score (nSPS) is 17.9. The van der Waals surface area contributed by atoms with Crippen LogP contribution in [-0.2, 0) is 22.3 Å². The van der Waals surface area contributed by atoms with Crippen molar-refractivity contribution in [3.63, 3.8) is 0 Å². The third kappa shape index (κ3) is 5.64. The average molecular weight is 434 g/mol. The summed E-state index contributed by atoms with van der Waals surface area (Å²) in [5.41, 5.74) is 1.34. The van der Waals surface area contributed by atoms with Crippen LogP contribution >= 0.6 is 0 Å². The molecule has 0 saturated carbocycles. The number of esters is 1. The molecule has 2 atom stereocenters. The number of nitrogens with one attached hydrogen (secondary N) is 1. The first-order chi connectivity index (χ1) is 14.7. The van der Waals surface area contributed by atoms with Gasteiger partial charge in [-0.3, -0.25) is 9.69 Å². The van der Waals surface area contributed by atoms with E-state index in [1.165, 1.54) is 19.2 Å². The van der Waals surface area contributed by atoms with Gasteiger partial charge in [0.05, 0.1) is 30.3 Å². The lowest BCUT2D eigenvalue weighted by molar-refractivity contribution is -0.137. The second-order valence-electron chi connectivity index (χ2n) is 7.67. The number of likely N-dealkylation sites (tertiary alicyclic amines) is 1. The summed E-state index contributed by atoms with van der Waals surface area (Å²) in [4.78, 5) is 26.4. The molecule has 1 N–H and O–H groups in total. The number of rotatable bonds is 6. The number of halogens is 3. The van der Waals surface area contributed by atoms with Gasteiger partial charge >= 0.3 is 12.1 Å². The van der Waals surface area contributed by atoms with Crippen LogP contribution in [0.3, 0.4) is 0 Å². The Morgan fingerprint density at radius 1 is 1.13 bits per heavy atom. The molecule has 1 amide bonds. The summed E-state index contributed by atoms with van der Waals surface area (Å²) in [6.45, 7) is 2.99. The van der Waals surface area contributed by atoms with E-state index < -0.39 is 17.7 Å². The van der Waals surface area contributed by atoms with Crippen molar-refractivity contribution in [1.29, 1.82) is 0 Å². The molecule has 2 aromatic rings. The molecule has 0 spiro atoms. The van der Waals surface area contributed by atoms with Crippen molar-refractivity contribution in [3.8, 4) is 0 Å². The quantitative estimate of drug-likeness (QED) is 0.688. The van der Waals surface area contributed by atoms with E-state index in [1.54, 1.807) is 24.3 Å². The van der Waals surface area contributed by atoms with Crippen LogP contribution in [0, 0.1) is 0 Å². The van der Waals surface area contributed by atoms with Crippen molar-refractivity contribution in [2.24, 2.45) is 0 Å². The van der Waals surface area contributed by atoms with Gasteiger partial charge in [-0.25, -0.2) is 4.79 Å². The van der Waals surface area contributed by atoms with Gasteiger partial charge in [-0.1, -0.05) is 24.3 Å². The number of methoxy groups -OCH3 is 1. The molecule has 0 aliphatic carbocycles. The minimum atomic E-state index is -4.36. The van der Waals surface area contributed by atoms with Crippen LogP contribution < -0.4 is 5.32 Å². The van der Waals surface area contributed by atoms with E-state index in [2.05, 4.69) is 10.1 Å². The number of hydrogen-bond acceptors (Lipinski definition) is 4. The highest BCUT2D eigenvalue weighted by molar-refractivity contribution is 5.89. The molecule has 5 nitrogen and oxygen atoms in total. The number of hydrogen-bond donors (Lipinski definition) is 1. The molecular formula is C23H25F3N2O3. The summed E-state index contributed by atoms with van der Waals surface area (Å²) in [5.74, 6) is -0.540. The molecule has 8 heteroatoms. The first kappa shape index (κ1) is 22.8. The fraction of sp³-hybridized carbons (Fsp3) is 0.391. The molecule has 1 saturated heterocycles. The zero-order valence-electron chi connectivity index (χ0n) is 17.4. The molecule has 2 aromatic carbocycles. The third-order valence-corrected chi connectivity index (χ3v) is 5.52. The van der Waals surface area contributed by atoms with Gasteiger partial charge in [0, 0.05) is 6.54 Å². The standard InChI is InChI=1S/C23H25F3N2O3/c1-15(17-7-9-18(10-8-17)22(30)31-2)27-21(29)20-4-3-13-28(20)14-16-5-11-19(12-6-16)23(24,25)26/h5-12,15,20H,3-4,13-14H2,1-2H3,(H,27,29)/t15-,20+/m0/s1. The maximum absolute atomic E-state index is 12.9. The Bertz CT molecular complexity index is 911. The number of carbonyl (C=O) groups excluding carboxylic acids is 2. The Morgan fingerprint density at radius 2 is 1.77 bits per heavy atom. The average Bonchev–Trinajstić information content (AvgIpc) is 3.21. The molecule has 1 aliphatic rings. The summed E-state index contributed by atoms with van der Waals surface area (Å²) in [6, 6.07) is 11.3. The maximum Gasteiger partial charge on any atom is 0.416 e. The summed E-state index contributed by atoms with van der Waals surface area (Å²) >= 11 is 0. The molecular weight excluding hydrogens is 409 g/mol. The first-order valence-electron chi connectivity index (χ1n) is 10.1. The Balaban J connectivity index is 1.61. The third-order valence-electron chi connectivity index (χ3n) is 5.52. The van der Waals surface area contributed by atoms with Crippen molar-refractivity contribution < 1.29 is 27.5 Å². The fourth-order valence-electron chi connectivity index (χ4n) is 3.76. The fourth-order valence-corrected chi connectivity index (χ4v) is 3.76. The highest BCUT2D eigenvalue weighted by Crippen LogP contribution is 2.30. The van der Waals surface area contributed by atoms with Gasteiger partial charge < -0.3 is 10.1 Å². The van der Waals surface area contributed by atoms with Crippen molar-refractivity contribution in [1.82, 2.24) is 10.2 Å². The number of amides is 1. The Hall–Kier alpha value is -2.87. The van der Waals surface area contributed by atoms with Crippen molar-refractivity contribution >= 4 is 11.9 Å². The van der Waals surface area contributed by atoms with Crippen molar-refractivity contribution in [3.05, 3.63) is 70.8 Å². The van der Waals surface area contributed by atoms with Gasteiger partial charge in [0.2, 0.25) is 5.91 Å². The monoisotopic (exact) mass is 434 g/mol. The van der Waals surface area contributed by atoms with Crippen LogP contribution in [0.1, 0.15) is 52.9 Å². The van der Waals surface area contributed by atoms with Crippen LogP contribution in [0.5, 0.6) is 0 Å². The Morgan fingerprint density at radius 3 is 2.35 bits per heavy atom. The van der Waals surface area contributed by atoms with E-state index in [0.717, 1.165) is 29.7 Å². The van der Waals surface area contributed by atoms with Crippen LogP contribution in [0.15, 0.2) is 48.5 Å². The second kappa shape index (κ2) is 9.51. The van der Waals surface area contributed by atoms with Gasteiger partial charge in [-0.05, 0) is 61.7 Å². The summed E-state index contributed by atoms with van der Waals surface area (Å²) in [5, 5.41) is 3.00. The smallest absolute Gasteiger partial charge is 0.416 e. The van der Waals surface area contributed by atoms with Crippen molar-refractivity contribution in [2.75, 3.05) is 13.7 Å². The molecule has 31 heavy (non-hydrogen) atoms. The largest absolute Gasteiger partial charge is 0.465 e. The van der Waals surface area contributed by atoms with E-state index in [9.17, 15) is 22.8 Å². The Labute approximate surface area is 179 Å².